The maximum Gasteiger partial charge on any atom is 0.177 e. The van der Waals surface area contributed by atoms with E-state index in [1.54, 1.807) is 0 Å². The fraction of sp³-hybridized carbons (Fsp3) is 0.900. The molecular formula is C20H42NO3+. The molecule has 0 aliphatic carbocycles. The minimum atomic E-state index is -1.88. The highest BCUT2D eigenvalue weighted by Gasteiger charge is 2.16. The first-order valence-corrected chi connectivity index (χ1v) is 10.3. The molecule has 0 unspecified atom stereocenters. The van der Waals surface area contributed by atoms with Gasteiger partial charge in [-0.1, -0.05) is 83.3 Å². The summed E-state index contributed by atoms with van der Waals surface area (Å²) in [6, 6.07) is 0. The van der Waals surface area contributed by atoms with Crippen LogP contribution in [-0.2, 0) is 0 Å². The summed E-state index contributed by atoms with van der Waals surface area (Å²) in [6.45, 7) is 2.25. The van der Waals surface area contributed by atoms with Crippen molar-refractivity contribution in [2.24, 2.45) is 0 Å². The lowest BCUT2D eigenvalue weighted by molar-refractivity contribution is -1.37. The second-order valence-electron chi connectivity index (χ2n) is 7.06. The molecule has 0 fully saturated rings. The number of unbranched alkanes of at least 4 members (excludes halogenated alkanes) is 14. The lowest BCUT2D eigenvalue weighted by atomic mass is 10.1. The van der Waals surface area contributed by atoms with Gasteiger partial charge in [-0.05, 0) is 32.1 Å². The second-order valence-corrected chi connectivity index (χ2v) is 7.06. The number of allylic oxidation sites excluding steroid dienone is 2. The summed E-state index contributed by atoms with van der Waals surface area (Å²) in [5.74, 6) is 0. The predicted molar refractivity (Wildman–Crippen MR) is 99.2 cm³/mol. The lowest BCUT2D eigenvalue weighted by Gasteiger charge is -2.10. The minimum Gasteiger partial charge on any atom is -0.146 e. The van der Waals surface area contributed by atoms with E-state index >= 15 is 0 Å². The molecule has 0 saturated carbocycles. The van der Waals surface area contributed by atoms with Crippen LogP contribution in [0.25, 0.3) is 0 Å². The van der Waals surface area contributed by atoms with Crippen molar-refractivity contribution >= 4 is 0 Å². The molecule has 0 bridgehead atoms. The summed E-state index contributed by atoms with van der Waals surface area (Å²) < 4.78 is 0. The van der Waals surface area contributed by atoms with Crippen LogP contribution in [0.15, 0.2) is 12.2 Å². The third-order valence-electron chi connectivity index (χ3n) is 4.47. The van der Waals surface area contributed by atoms with E-state index in [9.17, 15) is 0 Å². The molecule has 3 N–H and O–H groups in total. The van der Waals surface area contributed by atoms with Gasteiger partial charge in [-0.15, -0.1) is 15.6 Å². The highest BCUT2D eigenvalue weighted by atomic mass is 17.1. The molecule has 0 rings (SSSR count). The molecule has 0 aliphatic rings. The normalized spacial score (nSPS) is 12.3. The van der Waals surface area contributed by atoms with Crippen LogP contribution >= 0.6 is 0 Å². The van der Waals surface area contributed by atoms with Crippen LogP contribution in [0.3, 0.4) is 0 Å². The summed E-state index contributed by atoms with van der Waals surface area (Å²) in [5, 5.41) is 26.1. The third-order valence-corrected chi connectivity index (χ3v) is 4.47. The zero-order chi connectivity index (χ0) is 17.9. The smallest absolute Gasteiger partial charge is 0.146 e. The van der Waals surface area contributed by atoms with Crippen molar-refractivity contribution in [3.8, 4) is 0 Å². The first-order chi connectivity index (χ1) is 11.6. The minimum absolute atomic E-state index is 0.00885. The number of quaternary nitrogens is 1. The molecule has 0 saturated heterocycles. The van der Waals surface area contributed by atoms with Gasteiger partial charge >= 0.3 is 0 Å². The largest absolute Gasteiger partial charge is 0.177 e. The Hall–Kier alpha value is -0.420. The van der Waals surface area contributed by atoms with Crippen molar-refractivity contribution in [3.63, 3.8) is 0 Å². The Labute approximate surface area is 149 Å². The van der Waals surface area contributed by atoms with Crippen molar-refractivity contribution in [1.82, 2.24) is 0 Å². The van der Waals surface area contributed by atoms with Crippen LogP contribution in [-0.4, -0.2) is 27.1 Å². The van der Waals surface area contributed by atoms with Gasteiger partial charge < -0.3 is 0 Å². The average Bonchev–Trinajstić information content (AvgIpc) is 2.52. The fourth-order valence-corrected chi connectivity index (χ4v) is 2.93. The zero-order valence-corrected chi connectivity index (χ0v) is 16.0. The van der Waals surface area contributed by atoms with E-state index in [2.05, 4.69) is 19.1 Å². The first kappa shape index (κ1) is 23.6. The van der Waals surface area contributed by atoms with E-state index in [4.69, 9.17) is 15.6 Å². The molecule has 4 nitrogen and oxygen atoms in total. The molecule has 0 spiro atoms. The molecule has 0 aromatic heterocycles. The standard InChI is InChI=1S/C20H42NO3/c1-2-3-4-5-6-7-8-9-10-11-12-13-14-15-16-17-18-19-20-21(22,23)24/h9-10,22-24H,2-8,11-20H2,1H3/q+1. The van der Waals surface area contributed by atoms with Gasteiger partial charge in [-0.25, -0.2) is 0 Å². The zero-order valence-electron chi connectivity index (χ0n) is 16.0. The third kappa shape index (κ3) is 21.6. The molecule has 0 aromatic carbocycles. The van der Waals surface area contributed by atoms with Crippen LogP contribution < -0.4 is 0 Å². The van der Waals surface area contributed by atoms with Crippen molar-refractivity contribution in [1.29, 1.82) is 0 Å². The Kier molecular flexibility index (Phi) is 17.1. The summed E-state index contributed by atoms with van der Waals surface area (Å²) in [5.41, 5.74) is 0. The van der Waals surface area contributed by atoms with Gasteiger partial charge in [-0.3, -0.25) is 0 Å². The predicted octanol–water partition coefficient (Wildman–Crippen LogP) is 6.79. The van der Waals surface area contributed by atoms with Gasteiger partial charge in [0, 0.05) is 6.42 Å². The topological polar surface area (TPSA) is 60.7 Å². The molecule has 24 heavy (non-hydrogen) atoms. The molecule has 0 aliphatic heterocycles. The van der Waals surface area contributed by atoms with Crippen LogP contribution in [0.1, 0.15) is 110 Å². The molecule has 0 amide bonds. The summed E-state index contributed by atoms with van der Waals surface area (Å²) in [6.07, 6.45) is 24.5. The Morgan fingerprint density at radius 2 is 0.917 bits per heavy atom. The first-order valence-electron chi connectivity index (χ1n) is 10.3. The van der Waals surface area contributed by atoms with Gasteiger partial charge in [0.1, 0.15) is 0 Å². The van der Waals surface area contributed by atoms with E-state index in [1.807, 2.05) is 0 Å². The quantitative estimate of drug-likeness (QED) is 0.111. The Morgan fingerprint density at radius 1 is 0.542 bits per heavy atom. The molecule has 0 aromatic rings. The van der Waals surface area contributed by atoms with E-state index in [0.29, 0.717) is 6.42 Å². The average molecular weight is 345 g/mol. The lowest BCUT2D eigenvalue weighted by Crippen LogP contribution is -2.37. The SMILES string of the molecule is CCCCCCCCC=CCCCCCCCCCC[N+](O)(O)O. The van der Waals surface area contributed by atoms with Gasteiger partial charge in [0.05, 0.1) is 4.97 Å². The number of hydrogen-bond donors (Lipinski definition) is 3. The number of hydroxylamine groups is 3. The van der Waals surface area contributed by atoms with Gasteiger partial charge in [0.25, 0.3) is 0 Å². The van der Waals surface area contributed by atoms with E-state index in [1.165, 1.54) is 83.5 Å². The monoisotopic (exact) mass is 344 g/mol. The highest BCUT2D eigenvalue weighted by molar-refractivity contribution is 4.81. The fourth-order valence-electron chi connectivity index (χ4n) is 2.93. The molecular weight excluding hydrogens is 302 g/mol. The van der Waals surface area contributed by atoms with Crippen LogP contribution in [0.2, 0.25) is 0 Å². The highest BCUT2D eigenvalue weighted by Crippen LogP contribution is 2.11. The van der Waals surface area contributed by atoms with Crippen LogP contribution in [0.4, 0.5) is 0 Å². The van der Waals surface area contributed by atoms with Crippen molar-refractivity contribution in [2.45, 2.75) is 110 Å². The maximum absolute atomic E-state index is 8.70. The van der Waals surface area contributed by atoms with E-state index in [-0.39, 0.29) is 6.54 Å². The molecule has 0 atom stereocenters. The summed E-state index contributed by atoms with van der Waals surface area (Å²) in [7, 11) is 0. The van der Waals surface area contributed by atoms with Crippen molar-refractivity contribution in [3.05, 3.63) is 12.2 Å². The number of hydrogen-bond acceptors (Lipinski definition) is 3. The Bertz CT molecular complexity index is 275. The molecule has 144 valence electrons. The van der Waals surface area contributed by atoms with Crippen molar-refractivity contribution < 1.29 is 20.6 Å². The van der Waals surface area contributed by atoms with Gasteiger partial charge in [0.2, 0.25) is 0 Å². The van der Waals surface area contributed by atoms with E-state index < -0.39 is 4.97 Å². The Balaban J connectivity index is 3.10. The maximum atomic E-state index is 8.70. The molecule has 0 radical (unpaired) electrons. The van der Waals surface area contributed by atoms with Crippen molar-refractivity contribution in [2.75, 3.05) is 6.54 Å². The number of nitrogens with zero attached hydrogens (tertiary/aromatic N) is 1. The second kappa shape index (κ2) is 17.4. The number of rotatable bonds is 18. The van der Waals surface area contributed by atoms with E-state index in [0.717, 1.165) is 12.8 Å². The van der Waals surface area contributed by atoms with Gasteiger partial charge in [0.15, 0.2) is 6.54 Å². The van der Waals surface area contributed by atoms with Crippen LogP contribution in [0.5, 0.6) is 0 Å². The molecule has 4 heteroatoms. The Morgan fingerprint density at radius 3 is 1.33 bits per heavy atom. The van der Waals surface area contributed by atoms with Gasteiger partial charge in [-0.2, -0.15) is 0 Å². The summed E-state index contributed by atoms with van der Waals surface area (Å²) >= 11 is 0. The molecule has 0 heterocycles. The summed E-state index contributed by atoms with van der Waals surface area (Å²) in [4.78, 5) is -1.88. The van der Waals surface area contributed by atoms with Crippen LogP contribution in [0, 0.1) is 0 Å².